The van der Waals surface area contributed by atoms with Gasteiger partial charge in [-0.1, -0.05) is 18.2 Å². The number of carboxylic acid groups (broad SMARTS) is 1. The van der Waals surface area contributed by atoms with Crippen molar-refractivity contribution >= 4 is 16.9 Å². The topological polar surface area (TPSA) is 42.2 Å². The van der Waals surface area contributed by atoms with E-state index >= 15 is 0 Å². The van der Waals surface area contributed by atoms with Gasteiger partial charge < -0.3 is 9.67 Å². The van der Waals surface area contributed by atoms with Crippen molar-refractivity contribution in [1.82, 2.24) is 4.57 Å². The first-order chi connectivity index (χ1) is 9.13. The van der Waals surface area contributed by atoms with Gasteiger partial charge >= 0.3 is 18.1 Å². The summed E-state index contributed by atoms with van der Waals surface area (Å²) < 4.78 is 63.3. The number of hydrogen-bond acceptors (Lipinski definition) is 1. The predicted molar refractivity (Wildman–Crippen MR) is 59.9 cm³/mol. The summed E-state index contributed by atoms with van der Waals surface area (Å²) in [5, 5.41) is 9.04. The van der Waals surface area contributed by atoms with E-state index in [4.69, 9.17) is 5.11 Å². The summed E-state index contributed by atoms with van der Waals surface area (Å²) in [5.41, 5.74) is -0.313. The van der Waals surface area contributed by atoms with E-state index in [0.29, 0.717) is 4.57 Å². The fraction of sp³-hybridized carbons (Fsp3) is 0.250. The van der Waals surface area contributed by atoms with Crippen molar-refractivity contribution in [3.63, 3.8) is 0 Å². The summed E-state index contributed by atoms with van der Waals surface area (Å²) in [6, 6.07) is 5.53. The first-order valence-electron chi connectivity index (χ1n) is 5.39. The van der Waals surface area contributed by atoms with Crippen molar-refractivity contribution in [2.75, 3.05) is 0 Å². The van der Waals surface area contributed by atoms with Crippen LogP contribution < -0.4 is 0 Å². The van der Waals surface area contributed by atoms with Crippen molar-refractivity contribution in [3.05, 3.63) is 36.0 Å². The highest BCUT2D eigenvalue weighted by Crippen LogP contribution is 2.37. The molecule has 1 aromatic carbocycles. The number of benzene rings is 1. The Morgan fingerprint density at radius 1 is 1.15 bits per heavy atom. The van der Waals surface area contributed by atoms with Crippen LogP contribution in [0.1, 0.15) is 10.4 Å². The van der Waals surface area contributed by atoms with Gasteiger partial charge in [0.15, 0.2) is 0 Å². The number of carboxylic acids is 1. The molecule has 1 heterocycles. The monoisotopic (exact) mass is 293 g/mol. The molecular weight excluding hydrogens is 285 g/mol. The van der Waals surface area contributed by atoms with Crippen LogP contribution in [0.3, 0.4) is 0 Å². The molecule has 20 heavy (non-hydrogen) atoms. The second-order valence-corrected chi connectivity index (χ2v) is 4.20. The SMILES string of the molecule is O=C(O)c1cn(CC(F)(F)C(F)(F)F)c2ccccc12. The second kappa shape index (κ2) is 4.46. The molecule has 8 heteroatoms. The highest BCUT2D eigenvalue weighted by atomic mass is 19.4. The van der Waals surface area contributed by atoms with Crippen LogP contribution in [0.2, 0.25) is 0 Å². The van der Waals surface area contributed by atoms with E-state index in [9.17, 15) is 26.7 Å². The van der Waals surface area contributed by atoms with Gasteiger partial charge in [-0.2, -0.15) is 22.0 Å². The van der Waals surface area contributed by atoms with Gasteiger partial charge in [0.05, 0.1) is 12.1 Å². The molecule has 0 spiro atoms. The third kappa shape index (κ3) is 2.33. The number of para-hydroxylation sites is 1. The molecule has 0 atom stereocenters. The molecular formula is C12H8F5NO2. The van der Waals surface area contributed by atoms with Gasteiger partial charge in [0, 0.05) is 17.1 Å². The maximum absolute atomic E-state index is 13.1. The highest BCUT2D eigenvalue weighted by molar-refractivity contribution is 6.03. The van der Waals surface area contributed by atoms with E-state index in [1.54, 1.807) is 0 Å². The van der Waals surface area contributed by atoms with Gasteiger partial charge in [-0.05, 0) is 6.07 Å². The Kier molecular flexibility index (Phi) is 3.19. The molecule has 0 aliphatic rings. The van der Waals surface area contributed by atoms with E-state index in [1.807, 2.05) is 0 Å². The average molecular weight is 293 g/mol. The van der Waals surface area contributed by atoms with Crippen LogP contribution in [0.4, 0.5) is 22.0 Å². The van der Waals surface area contributed by atoms with E-state index in [-0.39, 0.29) is 16.5 Å². The molecule has 108 valence electrons. The molecule has 0 fully saturated rings. The van der Waals surface area contributed by atoms with E-state index in [2.05, 4.69) is 0 Å². The van der Waals surface area contributed by atoms with Gasteiger partial charge in [0.2, 0.25) is 0 Å². The number of alkyl halides is 5. The smallest absolute Gasteiger partial charge is 0.455 e. The first kappa shape index (κ1) is 14.3. The Labute approximate surface area is 109 Å². The largest absolute Gasteiger partial charge is 0.478 e. The fourth-order valence-electron chi connectivity index (χ4n) is 1.85. The molecule has 0 saturated heterocycles. The Morgan fingerprint density at radius 3 is 2.30 bits per heavy atom. The van der Waals surface area contributed by atoms with Crippen LogP contribution in [0.25, 0.3) is 10.9 Å². The number of nitrogens with zero attached hydrogens (tertiary/aromatic N) is 1. The Bertz CT molecular complexity index is 659. The maximum atomic E-state index is 13.1. The summed E-state index contributed by atoms with van der Waals surface area (Å²) in [5.74, 6) is -6.33. The number of aromatic carboxylic acids is 1. The molecule has 0 unspecified atom stereocenters. The number of rotatable bonds is 3. The molecule has 2 aromatic rings. The van der Waals surface area contributed by atoms with Crippen molar-refractivity contribution in [3.8, 4) is 0 Å². The third-order valence-corrected chi connectivity index (χ3v) is 2.80. The summed E-state index contributed by atoms with van der Waals surface area (Å²) in [6.45, 7) is -1.66. The lowest BCUT2D eigenvalue weighted by Crippen LogP contribution is -2.40. The highest BCUT2D eigenvalue weighted by Gasteiger charge is 2.57. The lowest BCUT2D eigenvalue weighted by Gasteiger charge is -2.20. The number of carbonyl (C=O) groups is 1. The standard InChI is InChI=1S/C12H8F5NO2/c13-11(14,12(15,16)17)6-18-5-8(10(19)20)7-3-1-2-4-9(7)18/h1-5H,6H2,(H,19,20). The Hall–Kier alpha value is -2.12. The van der Waals surface area contributed by atoms with E-state index in [1.165, 1.54) is 24.3 Å². The van der Waals surface area contributed by atoms with Crippen LogP contribution >= 0.6 is 0 Å². The quantitative estimate of drug-likeness (QED) is 0.880. The molecule has 0 aliphatic heterocycles. The number of fused-ring (bicyclic) bond motifs is 1. The third-order valence-electron chi connectivity index (χ3n) is 2.80. The molecule has 3 nitrogen and oxygen atoms in total. The summed E-state index contributed by atoms with van der Waals surface area (Å²) in [6.07, 6.45) is -4.91. The minimum atomic E-state index is -5.69. The van der Waals surface area contributed by atoms with Gasteiger partial charge in [0.1, 0.15) is 0 Å². The van der Waals surface area contributed by atoms with E-state index in [0.717, 1.165) is 6.20 Å². The molecule has 2 rings (SSSR count). The summed E-state index contributed by atoms with van der Waals surface area (Å²) in [4.78, 5) is 11.0. The molecule has 1 aromatic heterocycles. The zero-order valence-corrected chi connectivity index (χ0v) is 9.79. The number of hydrogen-bond donors (Lipinski definition) is 1. The zero-order valence-electron chi connectivity index (χ0n) is 9.79. The molecule has 0 bridgehead atoms. The molecule has 1 N–H and O–H groups in total. The van der Waals surface area contributed by atoms with Gasteiger partial charge in [0.25, 0.3) is 0 Å². The lowest BCUT2D eigenvalue weighted by atomic mass is 10.2. The van der Waals surface area contributed by atoms with Crippen molar-refractivity contribution in [2.24, 2.45) is 0 Å². The summed E-state index contributed by atoms with van der Waals surface area (Å²) in [7, 11) is 0. The van der Waals surface area contributed by atoms with Crippen molar-refractivity contribution in [1.29, 1.82) is 0 Å². The van der Waals surface area contributed by atoms with Crippen molar-refractivity contribution < 1.29 is 31.9 Å². The average Bonchev–Trinajstić information content (AvgIpc) is 2.67. The van der Waals surface area contributed by atoms with Crippen LogP contribution in [-0.4, -0.2) is 27.7 Å². The van der Waals surface area contributed by atoms with Gasteiger partial charge in [-0.15, -0.1) is 0 Å². The number of halogens is 5. The minimum Gasteiger partial charge on any atom is -0.478 e. The van der Waals surface area contributed by atoms with E-state index < -0.39 is 24.6 Å². The predicted octanol–water partition coefficient (Wildman–Crippen LogP) is 3.54. The van der Waals surface area contributed by atoms with Crippen LogP contribution in [0, 0.1) is 0 Å². The first-order valence-corrected chi connectivity index (χ1v) is 5.39. The molecule has 0 amide bonds. The van der Waals surface area contributed by atoms with Gasteiger partial charge in [-0.3, -0.25) is 0 Å². The molecule has 0 saturated carbocycles. The Balaban J connectivity index is 2.54. The summed E-state index contributed by atoms with van der Waals surface area (Å²) >= 11 is 0. The van der Waals surface area contributed by atoms with Crippen LogP contribution in [0.15, 0.2) is 30.5 Å². The molecule has 0 radical (unpaired) electrons. The minimum absolute atomic E-state index is 0.00817. The maximum Gasteiger partial charge on any atom is 0.455 e. The van der Waals surface area contributed by atoms with Crippen LogP contribution in [-0.2, 0) is 6.54 Å². The fourth-order valence-corrected chi connectivity index (χ4v) is 1.85. The normalized spacial score (nSPS) is 12.8. The number of aromatic nitrogens is 1. The van der Waals surface area contributed by atoms with Gasteiger partial charge in [-0.25, -0.2) is 4.79 Å². The lowest BCUT2D eigenvalue weighted by molar-refractivity contribution is -0.286. The Morgan fingerprint density at radius 2 is 1.75 bits per heavy atom. The van der Waals surface area contributed by atoms with Crippen molar-refractivity contribution in [2.45, 2.75) is 18.6 Å². The molecule has 0 aliphatic carbocycles. The van der Waals surface area contributed by atoms with Crippen LogP contribution in [0.5, 0.6) is 0 Å². The second-order valence-electron chi connectivity index (χ2n) is 4.20. The zero-order chi connectivity index (χ0) is 15.1.